The van der Waals surface area contributed by atoms with Crippen molar-refractivity contribution in [2.45, 2.75) is 50.2 Å². The van der Waals surface area contributed by atoms with Gasteiger partial charge in [0.2, 0.25) is 0 Å². The third kappa shape index (κ3) is 4.06. The lowest BCUT2D eigenvalue weighted by Gasteiger charge is -2.39. The molecule has 8 heteroatoms. The van der Waals surface area contributed by atoms with E-state index >= 15 is 0 Å². The Morgan fingerprint density at radius 2 is 2.00 bits per heavy atom. The molecule has 1 aromatic carbocycles. The van der Waals surface area contributed by atoms with E-state index in [9.17, 15) is 25.2 Å². The van der Waals surface area contributed by atoms with E-state index < -0.39 is 37.3 Å². The van der Waals surface area contributed by atoms with E-state index in [-0.39, 0.29) is 18.5 Å². The number of aliphatic hydroxyl groups is 4. The second-order valence-corrected chi connectivity index (χ2v) is 6.86. The monoisotopic (exact) mass is 380 g/mol. The summed E-state index contributed by atoms with van der Waals surface area (Å²) in [4.78, 5) is 11.5. The highest BCUT2D eigenvalue weighted by Crippen LogP contribution is 2.32. The van der Waals surface area contributed by atoms with Gasteiger partial charge in [-0.1, -0.05) is 6.58 Å². The molecule has 3 rings (SSSR count). The number of aliphatic hydroxyl groups excluding tert-OH is 4. The zero-order valence-corrected chi connectivity index (χ0v) is 14.9. The molecule has 148 valence electrons. The number of hydrogen-bond donors (Lipinski definition) is 4. The van der Waals surface area contributed by atoms with E-state index in [4.69, 9.17) is 14.2 Å². The molecule has 0 aliphatic carbocycles. The van der Waals surface area contributed by atoms with Crippen molar-refractivity contribution in [3.05, 3.63) is 41.5 Å². The first-order valence-electron chi connectivity index (χ1n) is 8.72. The summed E-state index contributed by atoms with van der Waals surface area (Å²) in [5.74, 6) is 0.657. The molecule has 0 aromatic heterocycles. The van der Waals surface area contributed by atoms with Crippen LogP contribution in [0.15, 0.2) is 30.4 Å². The summed E-state index contributed by atoms with van der Waals surface area (Å²) in [5, 5.41) is 38.8. The predicted octanol–water partition coefficient (Wildman–Crippen LogP) is -0.435. The first-order chi connectivity index (χ1) is 12.8. The summed E-state index contributed by atoms with van der Waals surface area (Å²) in [5.41, 5.74) is 2.11. The fourth-order valence-electron chi connectivity index (χ4n) is 3.18. The third-order valence-electron chi connectivity index (χ3n) is 4.88. The zero-order valence-electron chi connectivity index (χ0n) is 14.9. The average molecular weight is 380 g/mol. The molecule has 2 aliphatic rings. The fraction of sp³-hybridized carbons (Fsp3) is 0.526. The number of ketones is 1. The third-order valence-corrected chi connectivity index (χ3v) is 4.88. The van der Waals surface area contributed by atoms with Gasteiger partial charge in [-0.3, -0.25) is 4.79 Å². The highest BCUT2D eigenvalue weighted by Gasteiger charge is 2.44. The predicted molar refractivity (Wildman–Crippen MR) is 93.4 cm³/mol. The van der Waals surface area contributed by atoms with E-state index in [1.807, 2.05) is 0 Å². The van der Waals surface area contributed by atoms with Crippen LogP contribution in [0.25, 0.3) is 0 Å². The van der Waals surface area contributed by atoms with E-state index in [1.165, 1.54) is 6.92 Å². The second-order valence-electron chi connectivity index (χ2n) is 6.86. The zero-order chi connectivity index (χ0) is 19.7. The molecule has 1 fully saturated rings. The summed E-state index contributed by atoms with van der Waals surface area (Å²) in [7, 11) is 0. The van der Waals surface area contributed by atoms with Crippen molar-refractivity contribution in [1.82, 2.24) is 0 Å². The van der Waals surface area contributed by atoms with Crippen LogP contribution < -0.4 is 4.74 Å². The highest BCUT2D eigenvalue weighted by molar-refractivity contribution is 5.94. The molecule has 4 N–H and O–H groups in total. The van der Waals surface area contributed by atoms with Crippen molar-refractivity contribution in [2.24, 2.45) is 0 Å². The van der Waals surface area contributed by atoms with Gasteiger partial charge in [0.05, 0.1) is 13.2 Å². The molecule has 2 heterocycles. The van der Waals surface area contributed by atoms with E-state index in [2.05, 4.69) is 6.58 Å². The summed E-state index contributed by atoms with van der Waals surface area (Å²) in [6.45, 7) is 4.91. The minimum Gasteiger partial charge on any atom is -0.485 e. The Morgan fingerprint density at radius 1 is 1.26 bits per heavy atom. The molecule has 0 radical (unpaired) electrons. The molecule has 2 aliphatic heterocycles. The fourth-order valence-corrected chi connectivity index (χ4v) is 3.18. The number of rotatable bonds is 6. The Labute approximate surface area is 156 Å². The number of carbonyl (C=O) groups excluding carboxylic acids is 1. The van der Waals surface area contributed by atoms with Crippen molar-refractivity contribution >= 4 is 5.78 Å². The van der Waals surface area contributed by atoms with Gasteiger partial charge in [0.15, 0.2) is 12.1 Å². The van der Waals surface area contributed by atoms with Crippen LogP contribution in [0.5, 0.6) is 5.75 Å². The van der Waals surface area contributed by atoms with Gasteiger partial charge in [-0.2, -0.15) is 0 Å². The van der Waals surface area contributed by atoms with Gasteiger partial charge in [0.25, 0.3) is 0 Å². The van der Waals surface area contributed by atoms with Gasteiger partial charge >= 0.3 is 0 Å². The first-order valence-corrected chi connectivity index (χ1v) is 8.72. The highest BCUT2D eigenvalue weighted by atomic mass is 16.7. The van der Waals surface area contributed by atoms with Crippen LogP contribution in [0.3, 0.4) is 0 Å². The maximum atomic E-state index is 11.5. The van der Waals surface area contributed by atoms with Gasteiger partial charge < -0.3 is 34.6 Å². The summed E-state index contributed by atoms with van der Waals surface area (Å²) >= 11 is 0. The van der Waals surface area contributed by atoms with Crippen molar-refractivity contribution in [3.63, 3.8) is 0 Å². The largest absolute Gasteiger partial charge is 0.485 e. The molecule has 0 bridgehead atoms. The molecule has 6 atom stereocenters. The Balaban J connectivity index is 1.57. The number of hydrogen-bond acceptors (Lipinski definition) is 8. The number of benzene rings is 1. The molecule has 27 heavy (non-hydrogen) atoms. The van der Waals surface area contributed by atoms with Gasteiger partial charge in [-0.15, -0.1) is 0 Å². The van der Waals surface area contributed by atoms with Gasteiger partial charge in [-0.05, 0) is 36.3 Å². The normalized spacial score (nSPS) is 32.6. The van der Waals surface area contributed by atoms with E-state index in [0.29, 0.717) is 23.3 Å². The second kappa shape index (κ2) is 8.05. The molecule has 1 saturated heterocycles. The first kappa shape index (κ1) is 19.9. The standard InChI is InChI=1S/C19H24O8/c1-9(8-25-19-18(24)17(23)16(22)15(7-20)27-19)14-6-12-5-11(10(2)21)3-4-13(12)26-14/h3-5,14-20,22-24H,1,6-8H2,2H3/t14-,15+,16+,17-,18+,19-/m0/s1. The molecule has 0 amide bonds. The summed E-state index contributed by atoms with van der Waals surface area (Å²) in [6, 6.07) is 5.25. The lowest BCUT2D eigenvalue weighted by molar-refractivity contribution is -0.299. The number of fused-ring (bicyclic) bond motifs is 1. The SMILES string of the molecule is C=C(CO[C@H]1O[C@H](CO)[C@@H](O)[C@H](O)[C@H]1O)[C@@H]1Cc2cc(C(C)=O)ccc2O1. The number of Topliss-reactive ketones (excluding diaryl/α,β-unsaturated/α-hetero) is 1. The minimum atomic E-state index is -1.49. The molecule has 8 nitrogen and oxygen atoms in total. The van der Waals surface area contributed by atoms with Crippen LogP contribution in [0.1, 0.15) is 22.8 Å². The van der Waals surface area contributed by atoms with Crippen molar-refractivity contribution in [2.75, 3.05) is 13.2 Å². The molecular weight excluding hydrogens is 356 g/mol. The molecule has 0 unspecified atom stereocenters. The number of carbonyl (C=O) groups is 1. The van der Waals surface area contributed by atoms with Crippen LogP contribution in [0.4, 0.5) is 0 Å². The summed E-state index contributed by atoms with van der Waals surface area (Å²) < 4.78 is 16.6. The quantitative estimate of drug-likeness (QED) is 0.387. The van der Waals surface area contributed by atoms with Crippen LogP contribution >= 0.6 is 0 Å². The topological polar surface area (TPSA) is 126 Å². The Bertz CT molecular complexity index is 716. The minimum absolute atomic E-state index is 0.0130. The molecule has 0 saturated carbocycles. The maximum absolute atomic E-state index is 11.5. The van der Waals surface area contributed by atoms with Gasteiger partial charge in [0, 0.05) is 12.0 Å². The summed E-state index contributed by atoms with van der Waals surface area (Å²) in [6.07, 6.45) is -6.46. The average Bonchev–Trinajstić information content (AvgIpc) is 3.08. The maximum Gasteiger partial charge on any atom is 0.187 e. The van der Waals surface area contributed by atoms with Crippen LogP contribution in [-0.2, 0) is 15.9 Å². The van der Waals surface area contributed by atoms with E-state index in [1.54, 1.807) is 18.2 Å². The Hall–Kier alpha value is -1.81. The lowest BCUT2D eigenvalue weighted by atomic mass is 9.99. The Kier molecular flexibility index (Phi) is 5.95. The van der Waals surface area contributed by atoms with Crippen molar-refractivity contribution in [3.8, 4) is 5.75 Å². The molecular formula is C19H24O8. The van der Waals surface area contributed by atoms with Gasteiger partial charge in [0.1, 0.15) is 36.3 Å². The van der Waals surface area contributed by atoms with Crippen LogP contribution in [0.2, 0.25) is 0 Å². The van der Waals surface area contributed by atoms with Crippen molar-refractivity contribution < 1.29 is 39.4 Å². The van der Waals surface area contributed by atoms with Crippen LogP contribution in [0, 0.1) is 0 Å². The van der Waals surface area contributed by atoms with Gasteiger partial charge in [-0.25, -0.2) is 0 Å². The van der Waals surface area contributed by atoms with Crippen LogP contribution in [-0.4, -0.2) is 76.2 Å². The lowest BCUT2D eigenvalue weighted by Crippen LogP contribution is -2.59. The molecule has 0 spiro atoms. The van der Waals surface area contributed by atoms with E-state index in [0.717, 1.165) is 5.56 Å². The smallest absolute Gasteiger partial charge is 0.187 e. The molecule has 1 aromatic rings. The van der Waals surface area contributed by atoms with Crippen molar-refractivity contribution in [1.29, 1.82) is 0 Å². The number of ether oxygens (including phenoxy) is 3. The Morgan fingerprint density at radius 3 is 2.67 bits per heavy atom.